The maximum Gasteiger partial charge on any atom is 0.326 e. The van der Waals surface area contributed by atoms with Crippen LogP contribution in [-0.4, -0.2) is 76.6 Å². The van der Waals surface area contributed by atoms with Crippen molar-refractivity contribution in [1.29, 1.82) is 0 Å². The third-order valence-electron chi connectivity index (χ3n) is 6.18. The van der Waals surface area contributed by atoms with Gasteiger partial charge >= 0.3 is 6.03 Å². The zero-order valence-corrected chi connectivity index (χ0v) is 22.3. The number of carbonyl (C=O) groups is 2. The minimum absolute atomic E-state index is 0.145. The molecule has 0 bridgehead atoms. The molecule has 1 atom stereocenters. The van der Waals surface area contributed by atoms with Gasteiger partial charge in [0.15, 0.2) is 11.5 Å². The number of carbonyl (C=O) groups excluding carboxylic acids is 2. The number of aryl methyl sites for hydroxylation is 2. The van der Waals surface area contributed by atoms with Gasteiger partial charge in [0, 0.05) is 48.3 Å². The van der Waals surface area contributed by atoms with Crippen LogP contribution in [0, 0.1) is 13.8 Å². The van der Waals surface area contributed by atoms with Crippen LogP contribution in [0.1, 0.15) is 11.4 Å². The van der Waals surface area contributed by atoms with Crippen molar-refractivity contribution in [3.8, 4) is 11.5 Å². The Labute approximate surface area is 230 Å². The van der Waals surface area contributed by atoms with E-state index >= 15 is 0 Å². The predicted molar refractivity (Wildman–Crippen MR) is 147 cm³/mol. The van der Waals surface area contributed by atoms with Crippen LogP contribution in [0.2, 0.25) is 5.02 Å². The number of aliphatic imine (C=N–C) groups is 1. The second kappa shape index (κ2) is 11.6. The van der Waals surface area contributed by atoms with Crippen LogP contribution in [0.25, 0.3) is 0 Å². The largest absolute Gasteiger partial charge is 0.485 e. The number of piperazine rings is 1. The Hall–Kier alpha value is -4.38. The lowest BCUT2D eigenvalue weighted by molar-refractivity contribution is -0.142. The van der Waals surface area contributed by atoms with Crippen LogP contribution < -0.4 is 20.1 Å². The summed E-state index contributed by atoms with van der Waals surface area (Å²) in [6.45, 7) is 5.55. The van der Waals surface area contributed by atoms with Crippen LogP contribution in [0.3, 0.4) is 0 Å². The number of ether oxygens (including phenoxy) is 2. The molecule has 0 spiro atoms. The van der Waals surface area contributed by atoms with Gasteiger partial charge in [-0.2, -0.15) is 4.99 Å². The predicted octanol–water partition coefficient (Wildman–Crippen LogP) is 3.54. The summed E-state index contributed by atoms with van der Waals surface area (Å²) < 4.78 is 11.6. The molecule has 1 unspecified atom stereocenters. The summed E-state index contributed by atoms with van der Waals surface area (Å²) in [5.74, 6) is 1.56. The molecule has 0 aliphatic carbocycles. The van der Waals surface area contributed by atoms with E-state index in [1.54, 1.807) is 35.2 Å². The molecule has 1 saturated heterocycles. The molecule has 5 rings (SSSR count). The molecule has 2 aliphatic heterocycles. The van der Waals surface area contributed by atoms with E-state index in [1.165, 1.54) is 0 Å². The second-order valence-electron chi connectivity index (χ2n) is 9.15. The maximum absolute atomic E-state index is 13.2. The molecule has 3 heterocycles. The van der Waals surface area contributed by atoms with Gasteiger partial charge in [0.1, 0.15) is 6.61 Å². The van der Waals surface area contributed by atoms with E-state index in [9.17, 15) is 9.59 Å². The van der Waals surface area contributed by atoms with Crippen molar-refractivity contribution in [2.24, 2.45) is 4.99 Å². The van der Waals surface area contributed by atoms with Crippen molar-refractivity contribution in [2.75, 3.05) is 38.1 Å². The van der Waals surface area contributed by atoms with Gasteiger partial charge in [0.25, 0.3) is 11.9 Å². The van der Waals surface area contributed by atoms with Crippen LogP contribution >= 0.6 is 11.6 Å². The lowest BCUT2D eigenvalue weighted by Crippen LogP contribution is -2.57. The number of fused-ring (bicyclic) bond motifs is 1. The van der Waals surface area contributed by atoms with Gasteiger partial charge in [-0.25, -0.2) is 14.8 Å². The third-order valence-corrected chi connectivity index (χ3v) is 6.43. The Morgan fingerprint density at radius 1 is 0.949 bits per heavy atom. The Morgan fingerprint density at radius 2 is 1.59 bits per heavy atom. The topological polar surface area (TPSA) is 121 Å². The molecule has 2 aromatic carbocycles. The molecule has 39 heavy (non-hydrogen) atoms. The molecule has 0 saturated carbocycles. The van der Waals surface area contributed by atoms with E-state index in [4.69, 9.17) is 21.1 Å². The quantitative estimate of drug-likeness (QED) is 0.378. The van der Waals surface area contributed by atoms with E-state index in [1.807, 2.05) is 43.0 Å². The average molecular weight is 550 g/mol. The molecule has 11 nitrogen and oxygen atoms in total. The number of para-hydroxylation sites is 2. The average Bonchev–Trinajstić information content (AvgIpc) is 2.93. The molecule has 202 valence electrons. The first-order valence-electron chi connectivity index (χ1n) is 12.5. The van der Waals surface area contributed by atoms with Gasteiger partial charge in [-0.15, -0.1) is 0 Å². The summed E-state index contributed by atoms with van der Waals surface area (Å²) in [5, 5.41) is 6.16. The number of nitrogens with one attached hydrogen (secondary N) is 2. The molecular formula is C27H28ClN7O4. The molecule has 12 heteroatoms. The van der Waals surface area contributed by atoms with E-state index in [0.717, 1.165) is 11.4 Å². The van der Waals surface area contributed by atoms with Crippen molar-refractivity contribution in [2.45, 2.75) is 20.0 Å². The summed E-state index contributed by atoms with van der Waals surface area (Å²) >= 11 is 5.95. The lowest BCUT2D eigenvalue weighted by Gasteiger charge is -2.38. The van der Waals surface area contributed by atoms with Gasteiger partial charge in [0.05, 0.1) is 0 Å². The van der Waals surface area contributed by atoms with Gasteiger partial charge in [0.2, 0.25) is 12.1 Å². The molecule has 3 amide bonds. The summed E-state index contributed by atoms with van der Waals surface area (Å²) in [4.78, 5) is 43.0. The first-order valence-corrected chi connectivity index (χ1v) is 12.9. The number of hydrogen-bond acceptors (Lipinski definition) is 7. The van der Waals surface area contributed by atoms with Crippen molar-refractivity contribution >= 4 is 41.1 Å². The van der Waals surface area contributed by atoms with Gasteiger partial charge < -0.3 is 24.6 Å². The Morgan fingerprint density at radius 3 is 2.28 bits per heavy atom. The summed E-state index contributed by atoms with van der Waals surface area (Å²) in [6.07, 6.45) is -0.716. The fourth-order valence-corrected chi connectivity index (χ4v) is 4.44. The van der Waals surface area contributed by atoms with E-state index in [-0.39, 0.29) is 24.4 Å². The number of nitrogens with zero attached hydrogens (tertiary/aromatic N) is 5. The SMILES string of the molecule is Cc1cc(C)nc(/N=C(\NC(=O)Nc2ccc(Cl)cc2)N2CCN(C(=O)C3COc4ccccc4O3)CC2)n1. The standard InChI is InChI=1S/C27H28ClN7O4/c1-17-15-18(2)30-25(29-17)32-26(33-27(37)31-20-9-7-19(28)8-10-20)35-13-11-34(12-14-35)24(36)23-16-38-21-5-3-4-6-22(21)39-23/h3-10,15,23H,11-14,16H2,1-2H3,(H2,29,30,31,32,33,37). The molecule has 2 aliphatic rings. The number of amides is 3. The van der Waals surface area contributed by atoms with Gasteiger partial charge in [-0.1, -0.05) is 23.7 Å². The zero-order chi connectivity index (χ0) is 27.4. The lowest BCUT2D eigenvalue weighted by atomic mass is 10.2. The van der Waals surface area contributed by atoms with E-state index < -0.39 is 12.1 Å². The van der Waals surface area contributed by atoms with Crippen LogP contribution in [-0.2, 0) is 4.79 Å². The molecule has 1 aromatic heterocycles. The number of urea groups is 1. The van der Waals surface area contributed by atoms with E-state index in [2.05, 4.69) is 25.6 Å². The minimum atomic E-state index is -0.716. The number of anilines is 1. The molecule has 0 radical (unpaired) electrons. The van der Waals surface area contributed by atoms with Crippen molar-refractivity contribution in [1.82, 2.24) is 25.1 Å². The zero-order valence-electron chi connectivity index (χ0n) is 21.6. The van der Waals surface area contributed by atoms with Crippen LogP contribution in [0.15, 0.2) is 59.6 Å². The summed E-state index contributed by atoms with van der Waals surface area (Å²) in [5.41, 5.74) is 2.10. The smallest absolute Gasteiger partial charge is 0.326 e. The number of rotatable bonds is 3. The highest BCUT2D eigenvalue weighted by Gasteiger charge is 2.33. The number of guanidine groups is 1. The highest BCUT2D eigenvalue weighted by atomic mass is 35.5. The van der Waals surface area contributed by atoms with Crippen LogP contribution in [0.5, 0.6) is 11.5 Å². The minimum Gasteiger partial charge on any atom is -0.485 e. The highest BCUT2D eigenvalue weighted by Crippen LogP contribution is 2.31. The number of benzene rings is 2. The third kappa shape index (κ3) is 6.55. The molecule has 2 N–H and O–H groups in total. The molecule has 1 fully saturated rings. The van der Waals surface area contributed by atoms with Crippen molar-refractivity contribution in [3.63, 3.8) is 0 Å². The van der Waals surface area contributed by atoms with E-state index in [0.29, 0.717) is 48.4 Å². The summed E-state index contributed by atoms with van der Waals surface area (Å²) in [7, 11) is 0. The highest BCUT2D eigenvalue weighted by molar-refractivity contribution is 6.30. The Balaban J connectivity index is 1.27. The fraction of sp³-hybridized carbons (Fsp3) is 0.296. The first-order chi connectivity index (χ1) is 18.8. The molecular weight excluding hydrogens is 522 g/mol. The summed E-state index contributed by atoms with van der Waals surface area (Å²) in [6, 6.07) is 15.4. The van der Waals surface area contributed by atoms with Gasteiger partial charge in [-0.05, 0) is 56.3 Å². The van der Waals surface area contributed by atoms with Crippen molar-refractivity contribution in [3.05, 3.63) is 71.0 Å². The Bertz CT molecular complexity index is 1370. The Kier molecular flexibility index (Phi) is 7.78. The normalized spacial score (nSPS) is 17.0. The fourth-order valence-electron chi connectivity index (χ4n) is 4.31. The molecule has 3 aromatic rings. The second-order valence-corrected chi connectivity index (χ2v) is 9.59. The maximum atomic E-state index is 13.2. The number of halogens is 1. The monoisotopic (exact) mass is 549 g/mol. The van der Waals surface area contributed by atoms with Crippen molar-refractivity contribution < 1.29 is 19.1 Å². The number of hydrogen-bond donors (Lipinski definition) is 2. The van der Waals surface area contributed by atoms with Crippen LogP contribution in [0.4, 0.5) is 16.4 Å². The first kappa shape index (κ1) is 26.2. The van der Waals surface area contributed by atoms with Gasteiger partial charge in [-0.3, -0.25) is 10.1 Å². The number of aromatic nitrogens is 2.